The third-order valence-electron chi connectivity index (χ3n) is 2.72. The Bertz CT molecular complexity index is 588. The quantitative estimate of drug-likeness (QED) is 0.842. The highest BCUT2D eigenvalue weighted by molar-refractivity contribution is 6.05. The molecule has 96 valence electrons. The summed E-state index contributed by atoms with van der Waals surface area (Å²) in [7, 11) is 0. The number of hydrogen-bond donors (Lipinski definition) is 1. The number of benzene rings is 2. The first kappa shape index (κ1) is 12.9. The molecule has 0 atom stereocenters. The number of anilines is 1. The first-order valence-corrected chi connectivity index (χ1v) is 5.95. The molecule has 2 rings (SSSR count). The maximum Gasteiger partial charge on any atom is 0.255 e. The van der Waals surface area contributed by atoms with Gasteiger partial charge in [-0.2, -0.15) is 0 Å². The summed E-state index contributed by atoms with van der Waals surface area (Å²) in [6.45, 7) is 5.40. The van der Waals surface area contributed by atoms with Gasteiger partial charge in [-0.1, -0.05) is 24.8 Å². The van der Waals surface area contributed by atoms with Crippen LogP contribution in [0.2, 0.25) is 0 Å². The molecule has 0 saturated heterocycles. The molecule has 2 aromatic rings. The Labute approximate surface area is 112 Å². The summed E-state index contributed by atoms with van der Waals surface area (Å²) in [6.07, 6.45) is 1.36. The van der Waals surface area contributed by atoms with Crippen molar-refractivity contribution in [3.63, 3.8) is 0 Å². The van der Waals surface area contributed by atoms with Crippen molar-refractivity contribution < 1.29 is 9.53 Å². The summed E-state index contributed by atoms with van der Waals surface area (Å²) in [5, 5.41) is 2.85. The van der Waals surface area contributed by atoms with Gasteiger partial charge < -0.3 is 10.1 Å². The topological polar surface area (TPSA) is 38.3 Å². The number of amides is 1. The average Bonchev–Trinajstić information content (AvgIpc) is 2.42. The van der Waals surface area contributed by atoms with Gasteiger partial charge in [0.05, 0.1) is 6.26 Å². The van der Waals surface area contributed by atoms with Crippen LogP contribution in [0.15, 0.2) is 61.4 Å². The molecular formula is C16H15NO2. The molecule has 0 spiro atoms. The molecule has 1 amide bonds. The molecule has 0 aliphatic carbocycles. The minimum Gasteiger partial charge on any atom is -0.466 e. The Morgan fingerprint density at radius 3 is 2.47 bits per heavy atom. The molecule has 0 bridgehead atoms. The van der Waals surface area contributed by atoms with E-state index in [2.05, 4.69) is 11.9 Å². The van der Waals surface area contributed by atoms with Crippen LogP contribution in [0.4, 0.5) is 5.69 Å². The summed E-state index contributed by atoms with van der Waals surface area (Å²) >= 11 is 0. The SMILES string of the molecule is C=COc1ccc(NC(=O)c2ccccc2C)cc1. The van der Waals surface area contributed by atoms with Crippen LogP contribution in [0.3, 0.4) is 0 Å². The van der Waals surface area contributed by atoms with Gasteiger partial charge in [-0.25, -0.2) is 0 Å². The second kappa shape index (κ2) is 5.87. The lowest BCUT2D eigenvalue weighted by Gasteiger charge is -2.08. The molecular weight excluding hydrogens is 238 g/mol. The molecule has 0 radical (unpaired) electrons. The molecule has 0 heterocycles. The molecule has 3 heteroatoms. The van der Waals surface area contributed by atoms with Crippen LogP contribution in [-0.2, 0) is 0 Å². The Morgan fingerprint density at radius 2 is 1.84 bits per heavy atom. The number of rotatable bonds is 4. The van der Waals surface area contributed by atoms with E-state index in [-0.39, 0.29) is 5.91 Å². The van der Waals surface area contributed by atoms with E-state index in [1.807, 2.05) is 25.1 Å². The van der Waals surface area contributed by atoms with Crippen LogP contribution in [-0.4, -0.2) is 5.91 Å². The molecule has 0 aliphatic rings. The number of aryl methyl sites for hydroxylation is 1. The van der Waals surface area contributed by atoms with E-state index in [0.717, 1.165) is 11.3 Å². The van der Waals surface area contributed by atoms with Gasteiger partial charge in [0.1, 0.15) is 5.75 Å². The van der Waals surface area contributed by atoms with Gasteiger partial charge in [-0.15, -0.1) is 0 Å². The van der Waals surface area contributed by atoms with E-state index in [4.69, 9.17) is 4.74 Å². The van der Waals surface area contributed by atoms with Crippen LogP contribution in [0.5, 0.6) is 5.75 Å². The molecule has 0 fully saturated rings. The molecule has 2 aromatic carbocycles. The highest BCUT2D eigenvalue weighted by Gasteiger charge is 2.08. The normalized spacial score (nSPS) is 9.74. The Kier molecular flexibility index (Phi) is 3.98. The maximum atomic E-state index is 12.1. The van der Waals surface area contributed by atoms with Crippen molar-refractivity contribution in [2.45, 2.75) is 6.92 Å². The van der Waals surface area contributed by atoms with Crippen molar-refractivity contribution in [3.05, 3.63) is 72.5 Å². The van der Waals surface area contributed by atoms with E-state index in [1.165, 1.54) is 6.26 Å². The third kappa shape index (κ3) is 3.22. The van der Waals surface area contributed by atoms with Gasteiger partial charge in [0.25, 0.3) is 5.91 Å². The average molecular weight is 253 g/mol. The van der Waals surface area contributed by atoms with E-state index < -0.39 is 0 Å². The molecule has 0 unspecified atom stereocenters. The molecule has 0 aliphatic heterocycles. The van der Waals surface area contributed by atoms with Crippen molar-refractivity contribution in [2.75, 3.05) is 5.32 Å². The second-order valence-electron chi connectivity index (χ2n) is 4.08. The van der Waals surface area contributed by atoms with Crippen molar-refractivity contribution in [1.82, 2.24) is 0 Å². The van der Waals surface area contributed by atoms with Crippen molar-refractivity contribution >= 4 is 11.6 Å². The molecule has 19 heavy (non-hydrogen) atoms. The van der Waals surface area contributed by atoms with E-state index in [0.29, 0.717) is 11.3 Å². The van der Waals surface area contributed by atoms with Gasteiger partial charge >= 0.3 is 0 Å². The lowest BCUT2D eigenvalue weighted by molar-refractivity contribution is 0.102. The number of carbonyl (C=O) groups is 1. The summed E-state index contributed by atoms with van der Waals surface area (Å²) < 4.78 is 5.12. The third-order valence-corrected chi connectivity index (χ3v) is 2.72. The van der Waals surface area contributed by atoms with Crippen LogP contribution in [0.1, 0.15) is 15.9 Å². The molecule has 0 saturated carbocycles. The van der Waals surface area contributed by atoms with Gasteiger partial charge in [0.15, 0.2) is 0 Å². The van der Waals surface area contributed by atoms with Gasteiger partial charge in [-0.05, 0) is 42.8 Å². The minimum atomic E-state index is -0.115. The summed E-state index contributed by atoms with van der Waals surface area (Å²) in [5.74, 6) is 0.569. The number of ether oxygens (including phenoxy) is 1. The zero-order valence-corrected chi connectivity index (χ0v) is 10.7. The van der Waals surface area contributed by atoms with Gasteiger partial charge in [0, 0.05) is 11.3 Å². The standard InChI is InChI=1S/C16H15NO2/c1-3-19-14-10-8-13(9-11-14)17-16(18)15-7-5-4-6-12(15)2/h3-11H,1H2,2H3,(H,17,18). The van der Waals surface area contributed by atoms with E-state index in [1.54, 1.807) is 30.3 Å². The van der Waals surface area contributed by atoms with Crippen molar-refractivity contribution in [3.8, 4) is 5.75 Å². The Balaban J connectivity index is 2.11. The fraction of sp³-hybridized carbons (Fsp3) is 0.0625. The zero-order chi connectivity index (χ0) is 13.7. The van der Waals surface area contributed by atoms with Crippen LogP contribution < -0.4 is 10.1 Å². The minimum absolute atomic E-state index is 0.115. The molecule has 3 nitrogen and oxygen atoms in total. The van der Waals surface area contributed by atoms with Crippen LogP contribution in [0.25, 0.3) is 0 Å². The van der Waals surface area contributed by atoms with Crippen molar-refractivity contribution in [2.24, 2.45) is 0 Å². The highest BCUT2D eigenvalue weighted by Crippen LogP contribution is 2.17. The Hall–Kier alpha value is -2.55. The maximum absolute atomic E-state index is 12.1. The van der Waals surface area contributed by atoms with E-state index >= 15 is 0 Å². The zero-order valence-electron chi connectivity index (χ0n) is 10.7. The number of hydrogen-bond acceptors (Lipinski definition) is 2. The number of carbonyl (C=O) groups excluding carboxylic acids is 1. The lowest BCUT2D eigenvalue weighted by atomic mass is 10.1. The fourth-order valence-corrected chi connectivity index (χ4v) is 1.74. The second-order valence-corrected chi connectivity index (χ2v) is 4.08. The predicted octanol–water partition coefficient (Wildman–Crippen LogP) is 3.77. The first-order valence-electron chi connectivity index (χ1n) is 5.95. The molecule has 1 N–H and O–H groups in total. The predicted molar refractivity (Wildman–Crippen MR) is 76.4 cm³/mol. The van der Waals surface area contributed by atoms with Crippen LogP contribution in [0, 0.1) is 6.92 Å². The fourth-order valence-electron chi connectivity index (χ4n) is 1.74. The lowest BCUT2D eigenvalue weighted by Crippen LogP contribution is -2.13. The first-order chi connectivity index (χ1) is 9.20. The summed E-state index contributed by atoms with van der Waals surface area (Å²) in [6, 6.07) is 14.6. The summed E-state index contributed by atoms with van der Waals surface area (Å²) in [4.78, 5) is 12.1. The largest absolute Gasteiger partial charge is 0.466 e. The smallest absolute Gasteiger partial charge is 0.255 e. The van der Waals surface area contributed by atoms with Crippen LogP contribution >= 0.6 is 0 Å². The van der Waals surface area contributed by atoms with Gasteiger partial charge in [0.2, 0.25) is 0 Å². The van der Waals surface area contributed by atoms with Crippen molar-refractivity contribution in [1.29, 1.82) is 0 Å². The monoisotopic (exact) mass is 253 g/mol. The highest BCUT2D eigenvalue weighted by atomic mass is 16.5. The van der Waals surface area contributed by atoms with Gasteiger partial charge in [-0.3, -0.25) is 4.79 Å². The van der Waals surface area contributed by atoms with E-state index in [9.17, 15) is 4.79 Å². The summed E-state index contributed by atoms with van der Waals surface area (Å²) in [5.41, 5.74) is 2.35. The molecule has 0 aromatic heterocycles. The number of nitrogens with one attached hydrogen (secondary N) is 1. The Morgan fingerprint density at radius 1 is 1.16 bits per heavy atom.